The van der Waals surface area contributed by atoms with Crippen molar-refractivity contribution in [3.63, 3.8) is 0 Å². The van der Waals surface area contributed by atoms with E-state index in [2.05, 4.69) is 10.6 Å². The zero-order valence-corrected chi connectivity index (χ0v) is 24.5. The fourth-order valence-electron chi connectivity index (χ4n) is 4.11. The molecule has 210 valence electrons. The van der Waals surface area contributed by atoms with Gasteiger partial charge in [0.15, 0.2) is 23.0 Å². The molecule has 0 radical (unpaired) electrons. The molecule has 0 aliphatic carbocycles. The number of rotatable bonds is 12. The standard InChI is InChI=1S/C34H30N4O2S2/c39-33(41-23-27-17-9-3-10-18-27)29-31(35-21-25-13-5-1-6-14-25)37-30(34(40)42-24-28-19-11-4-12-20-28)32(38-29)36-22-26-15-7-2-8-16-26/h1-20H,21-24H2,(H,35,37)(H,36,38). The average Bonchev–Trinajstić information content (AvgIpc) is 3.06. The van der Waals surface area contributed by atoms with Crippen LogP contribution in [-0.2, 0) is 24.6 Å². The van der Waals surface area contributed by atoms with Crippen molar-refractivity contribution in [3.05, 3.63) is 155 Å². The summed E-state index contributed by atoms with van der Waals surface area (Å²) in [6, 6.07) is 39.3. The fraction of sp³-hybridized carbons (Fsp3) is 0.118. The normalized spacial score (nSPS) is 10.7. The van der Waals surface area contributed by atoms with Crippen molar-refractivity contribution in [1.82, 2.24) is 9.97 Å². The number of nitrogens with zero attached hydrogens (tertiary/aromatic N) is 2. The molecule has 0 bridgehead atoms. The summed E-state index contributed by atoms with van der Waals surface area (Å²) >= 11 is 2.33. The maximum absolute atomic E-state index is 13.6. The average molecular weight is 591 g/mol. The summed E-state index contributed by atoms with van der Waals surface area (Å²) in [5, 5.41) is 6.12. The number of carbonyl (C=O) groups excluding carboxylic acids is 2. The molecule has 0 atom stereocenters. The van der Waals surface area contributed by atoms with Crippen LogP contribution in [-0.4, -0.2) is 20.2 Å². The third-order valence-corrected chi connectivity index (χ3v) is 8.18. The van der Waals surface area contributed by atoms with Crippen molar-refractivity contribution in [2.24, 2.45) is 0 Å². The molecule has 0 aliphatic rings. The minimum absolute atomic E-state index is 0.187. The molecule has 0 saturated heterocycles. The van der Waals surface area contributed by atoms with E-state index in [-0.39, 0.29) is 21.6 Å². The molecule has 0 saturated carbocycles. The summed E-state index contributed by atoms with van der Waals surface area (Å²) in [5.74, 6) is 1.58. The zero-order valence-electron chi connectivity index (χ0n) is 22.9. The van der Waals surface area contributed by atoms with E-state index in [0.29, 0.717) is 36.2 Å². The Kier molecular flexibility index (Phi) is 10.4. The molecule has 0 aliphatic heterocycles. The Morgan fingerprint density at radius 2 is 0.786 bits per heavy atom. The third kappa shape index (κ3) is 8.31. The van der Waals surface area contributed by atoms with Crippen LogP contribution in [0.25, 0.3) is 0 Å². The minimum Gasteiger partial charge on any atom is -0.364 e. The second-order valence-corrected chi connectivity index (χ2v) is 11.3. The van der Waals surface area contributed by atoms with E-state index < -0.39 is 0 Å². The van der Waals surface area contributed by atoms with Crippen molar-refractivity contribution in [2.75, 3.05) is 10.6 Å². The molecular formula is C34H30N4O2S2. The van der Waals surface area contributed by atoms with E-state index >= 15 is 0 Å². The monoisotopic (exact) mass is 590 g/mol. The van der Waals surface area contributed by atoms with Crippen LogP contribution < -0.4 is 10.6 Å². The van der Waals surface area contributed by atoms with Crippen LogP contribution in [0.4, 0.5) is 11.6 Å². The van der Waals surface area contributed by atoms with Gasteiger partial charge in [-0.25, -0.2) is 9.97 Å². The summed E-state index contributed by atoms with van der Waals surface area (Å²) in [4.78, 5) is 36.6. The van der Waals surface area contributed by atoms with Crippen LogP contribution in [0, 0.1) is 0 Å². The summed E-state index contributed by atoms with van der Waals surface area (Å²) in [5.41, 5.74) is 4.49. The van der Waals surface area contributed by atoms with Crippen LogP contribution in [0.5, 0.6) is 0 Å². The van der Waals surface area contributed by atoms with Gasteiger partial charge in [0.05, 0.1) is 0 Å². The van der Waals surface area contributed by atoms with Crippen LogP contribution in [0.2, 0.25) is 0 Å². The van der Waals surface area contributed by atoms with Gasteiger partial charge < -0.3 is 10.6 Å². The first-order chi connectivity index (χ1) is 20.7. The largest absolute Gasteiger partial charge is 0.364 e. The number of thioether (sulfide) groups is 2. The van der Waals surface area contributed by atoms with Gasteiger partial charge in [0, 0.05) is 24.6 Å². The number of hydrogen-bond donors (Lipinski definition) is 2. The molecule has 8 heteroatoms. The van der Waals surface area contributed by atoms with Gasteiger partial charge in [-0.2, -0.15) is 0 Å². The molecule has 6 nitrogen and oxygen atoms in total. The lowest BCUT2D eigenvalue weighted by Crippen LogP contribution is -2.17. The molecular weight excluding hydrogens is 561 g/mol. The number of nitrogens with one attached hydrogen (secondary N) is 2. The maximum Gasteiger partial charge on any atom is 0.241 e. The number of benzene rings is 4. The van der Waals surface area contributed by atoms with Crippen LogP contribution in [0.1, 0.15) is 43.2 Å². The fourth-order valence-corrected chi connectivity index (χ4v) is 5.65. The Morgan fingerprint density at radius 1 is 0.476 bits per heavy atom. The molecule has 0 fully saturated rings. The number of anilines is 2. The lowest BCUT2D eigenvalue weighted by atomic mass is 10.2. The van der Waals surface area contributed by atoms with Crippen molar-refractivity contribution in [1.29, 1.82) is 0 Å². The second-order valence-electron chi connectivity index (χ2n) is 9.42. The summed E-state index contributed by atoms with van der Waals surface area (Å²) < 4.78 is 0. The Morgan fingerprint density at radius 3 is 1.12 bits per heavy atom. The zero-order chi connectivity index (χ0) is 29.0. The Balaban J connectivity index is 1.46. The molecule has 1 aromatic heterocycles. The van der Waals surface area contributed by atoms with Gasteiger partial charge >= 0.3 is 0 Å². The lowest BCUT2D eigenvalue weighted by Gasteiger charge is -2.16. The lowest BCUT2D eigenvalue weighted by molar-refractivity contribution is 0.107. The maximum atomic E-state index is 13.6. The van der Waals surface area contributed by atoms with E-state index in [4.69, 9.17) is 9.97 Å². The van der Waals surface area contributed by atoms with Gasteiger partial charge in [0.1, 0.15) is 0 Å². The van der Waals surface area contributed by atoms with E-state index in [0.717, 1.165) is 45.8 Å². The van der Waals surface area contributed by atoms with Gasteiger partial charge in [0.2, 0.25) is 10.2 Å². The second kappa shape index (κ2) is 15.0. The molecule has 5 aromatic rings. The number of aromatic nitrogens is 2. The highest BCUT2D eigenvalue weighted by Gasteiger charge is 2.24. The van der Waals surface area contributed by atoms with Gasteiger partial charge in [-0.1, -0.05) is 145 Å². The van der Waals surface area contributed by atoms with E-state index in [9.17, 15) is 9.59 Å². The Hall–Kier alpha value is -4.40. The van der Waals surface area contributed by atoms with Crippen LogP contribution in [0.15, 0.2) is 121 Å². The quantitative estimate of drug-likeness (QED) is 0.152. The number of hydrogen-bond acceptors (Lipinski definition) is 8. The first kappa shape index (κ1) is 29.1. The van der Waals surface area contributed by atoms with Crippen LogP contribution >= 0.6 is 23.5 Å². The smallest absolute Gasteiger partial charge is 0.241 e. The SMILES string of the molecule is O=C(SCc1ccccc1)c1nc(NCc2ccccc2)c(C(=O)SCc2ccccc2)nc1NCc1ccccc1. The summed E-state index contributed by atoms with van der Waals surface area (Å²) in [6.07, 6.45) is 0. The van der Waals surface area contributed by atoms with E-state index in [1.54, 1.807) is 0 Å². The molecule has 4 aromatic carbocycles. The minimum atomic E-state index is -0.222. The predicted molar refractivity (Wildman–Crippen MR) is 174 cm³/mol. The van der Waals surface area contributed by atoms with E-state index in [1.807, 2.05) is 121 Å². The Bertz CT molecular complexity index is 1480. The molecule has 42 heavy (non-hydrogen) atoms. The molecule has 0 unspecified atom stereocenters. The highest BCUT2D eigenvalue weighted by molar-refractivity contribution is 8.13. The van der Waals surface area contributed by atoms with Gasteiger partial charge in [-0.3, -0.25) is 9.59 Å². The van der Waals surface area contributed by atoms with Gasteiger partial charge in [-0.05, 0) is 22.3 Å². The highest BCUT2D eigenvalue weighted by atomic mass is 32.2. The molecule has 0 spiro atoms. The molecule has 2 N–H and O–H groups in total. The third-order valence-electron chi connectivity index (χ3n) is 6.31. The molecule has 1 heterocycles. The summed E-state index contributed by atoms with van der Waals surface area (Å²) in [6.45, 7) is 0.863. The first-order valence-corrected chi connectivity index (χ1v) is 15.5. The van der Waals surface area contributed by atoms with Gasteiger partial charge in [-0.15, -0.1) is 0 Å². The van der Waals surface area contributed by atoms with Crippen molar-refractivity contribution < 1.29 is 9.59 Å². The van der Waals surface area contributed by atoms with Crippen LogP contribution in [0.3, 0.4) is 0 Å². The van der Waals surface area contributed by atoms with E-state index in [1.165, 1.54) is 0 Å². The molecule has 5 rings (SSSR count). The van der Waals surface area contributed by atoms with Crippen molar-refractivity contribution in [2.45, 2.75) is 24.6 Å². The van der Waals surface area contributed by atoms with Crippen molar-refractivity contribution in [3.8, 4) is 0 Å². The molecule has 0 amide bonds. The predicted octanol–water partition coefficient (Wildman–Crippen LogP) is 7.85. The van der Waals surface area contributed by atoms with Crippen molar-refractivity contribution >= 4 is 45.4 Å². The topological polar surface area (TPSA) is 84.0 Å². The first-order valence-electron chi connectivity index (χ1n) is 13.6. The number of carbonyl (C=O) groups is 2. The Labute approximate surface area is 254 Å². The summed E-state index contributed by atoms with van der Waals surface area (Å²) in [7, 11) is 0. The van der Waals surface area contributed by atoms with Gasteiger partial charge in [0.25, 0.3) is 0 Å². The highest BCUT2D eigenvalue weighted by Crippen LogP contribution is 2.28.